The lowest BCUT2D eigenvalue weighted by molar-refractivity contribution is 0.107. The SMILES string of the molecule is CC1[C@H]2[C@@H]1C(N)=CC[C@H]2C(C)O. The van der Waals surface area contributed by atoms with Crippen LogP contribution in [0.4, 0.5) is 0 Å². The third-order valence-electron chi connectivity index (χ3n) is 3.57. The molecule has 0 bridgehead atoms. The summed E-state index contributed by atoms with van der Waals surface area (Å²) in [5.41, 5.74) is 6.91. The second kappa shape index (κ2) is 2.49. The molecule has 2 rings (SSSR count). The second-order valence-electron chi connectivity index (χ2n) is 4.31. The van der Waals surface area contributed by atoms with Crippen LogP contribution in [0, 0.1) is 23.7 Å². The molecule has 2 unspecified atom stereocenters. The Labute approximate surface area is 73.5 Å². The quantitative estimate of drug-likeness (QED) is 0.614. The van der Waals surface area contributed by atoms with Crippen LogP contribution in [0.15, 0.2) is 11.8 Å². The molecule has 0 aliphatic heterocycles. The molecule has 0 spiro atoms. The Balaban J connectivity index is 2.14. The van der Waals surface area contributed by atoms with Gasteiger partial charge < -0.3 is 10.8 Å². The Kier molecular flexibility index (Phi) is 1.69. The highest BCUT2D eigenvalue weighted by molar-refractivity contribution is 5.21. The van der Waals surface area contributed by atoms with Gasteiger partial charge in [0.1, 0.15) is 0 Å². The highest BCUT2D eigenvalue weighted by atomic mass is 16.3. The van der Waals surface area contributed by atoms with E-state index in [2.05, 4.69) is 13.0 Å². The molecule has 2 heteroatoms. The first kappa shape index (κ1) is 8.11. The number of nitrogens with two attached hydrogens (primary N) is 1. The van der Waals surface area contributed by atoms with E-state index in [1.807, 2.05) is 6.92 Å². The first-order valence-corrected chi connectivity index (χ1v) is 4.76. The largest absolute Gasteiger partial charge is 0.402 e. The van der Waals surface area contributed by atoms with Crippen LogP contribution in [0.2, 0.25) is 0 Å². The summed E-state index contributed by atoms with van der Waals surface area (Å²) in [7, 11) is 0. The lowest BCUT2D eigenvalue weighted by Gasteiger charge is -2.22. The number of rotatable bonds is 1. The zero-order valence-electron chi connectivity index (χ0n) is 7.70. The summed E-state index contributed by atoms with van der Waals surface area (Å²) in [5, 5.41) is 9.51. The van der Waals surface area contributed by atoms with E-state index in [1.165, 1.54) is 0 Å². The molecule has 0 saturated heterocycles. The normalized spacial score (nSPS) is 47.8. The summed E-state index contributed by atoms with van der Waals surface area (Å²) in [4.78, 5) is 0. The maximum Gasteiger partial charge on any atom is 0.0546 e. The summed E-state index contributed by atoms with van der Waals surface area (Å²) in [5.74, 6) is 2.40. The summed E-state index contributed by atoms with van der Waals surface area (Å²) in [6.45, 7) is 4.12. The smallest absolute Gasteiger partial charge is 0.0546 e. The van der Waals surface area contributed by atoms with Crippen LogP contribution < -0.4 is 5.73 Å². The molecule has 12 heavy (non-hydrogen) atoms. The van der Waals surface area contributed by atoms with Crippen molar-refractivity contribution in [2.24, 2.45) is 29.4 Å². The molecule has 5 atom stereocenters. The van der Waals surface area contributed by atoms with Gasteiger partial charge in [0.05, 0.1) is 6.10 Å². The van der Waals surface area contributed by atoms with Crippen molar-refractivity contribution in [2.45, 2.75) is 26.4 Å². The van der Waals surface area contributed by atoms with Gasteiger partial charge in [-0.3, -0.25) is 0 Å². The van der Waals surface area contributed by atoms with Gasteiger partial charge in [0.2, 0.25) is 0 Å². The van der Waals surface area contributed by atoms with Crippen molar-refractivity contribution in [1.29, 1.82) is 0 Å². The van der Waals surface area contributed by atoms with Crippen molar-refractivity contribution >= 4 is 0 Å². The van der Waals surface area contributed by atoms with Gasteiger partial charge in [-0.2, -0.15) is 0 Å². The predicted molar refractivity (Wildman–Crippen MR) is 48.2 cm³/mol. The molecule has 0 aromatic rings. The molecular formula is C10H17NO. The maximum atomic E-state index is 9.51. The number of hydrogen-bond donors (Lipinski definition) is 2. The molecule has 0 heterocycles. The Bertz CT molecular complexity index is 222. The van der Waals surface area contributed by atoms with E-state index in [-0.39, 0.29) is 6.10 Å². The number of aliphatic hydroxyl groups is 1. The van der Waals surface area contributed by atoms with Gasteiger partial charge in [-0.1, -0.05) is 13.0 Å². The Morgan fingerprint density at radius 3 is 2.92 bits per heavy atom. The van der Waals surface area contributed by atoms with Crippen LogP contribution in [0.1, 0.15) is 20.3 Å². The van der Waals surface area contributed by atoms with Gasteiger partial charge >= 0.3 is 0 Å². The number of aliphatic hydroxyl groups excluding tert-OH is 1. The minimum Gasteiger partial charge on any atom is -0.402 e. The molecule has 1 saturated carbocycles. The minimum absolute atomic E-state index is 0.174. The number of allylic oxidation sites excluding steroid dienone is 2. The molecule has 0 radical (unpaired) electrons. The van der Waals surface area contributed by atoms with E-state index in [1.54, 1.807) is 0 Å². The maximum absolute atomic E-state index is 9.51. The van der Waals surface area contributed by atoms with Crippen LogP contribution in [0.25, 0.3) is 0 Å². The van der Waals surface area contributed by atoms with Gasteiger partial charge in [-0.25, -0.2) is 0 Å². The fraction of sp³-hybridized carbons (Fsp3) is 0.800. The van der Waals surface area contributed by atoms with Crippen LogP contribution in [-0.4, -0.2) is 11.2 Å². The molecule has 68 valence electrons. The second-order valence-corrected chi connectivity index (χ2v) is 4.31. The Morgan fingerprint density at radius 1 is 1.67 bits per heavy atom. The summed E-state index contributed by atoms with van der Waals surface area (Å²) >= 11 is 0. The average molecular weight is 167 g/mol. The third-order valence-corrected chi connectivity index (χ3v) is 3.57. The molecule has 2 aliphatic rings. The third kappa shape index (κ3) is 0.977. The lowest BCUT2D eigenvalue weighted by atomic mass is 9.88. The van der Waals surface area contributed by atoms with Gasteiger partial charge in [0.25, 0.3) is 0 Å². The molecule has 0 aromatic carbocycles. The van der Waals surface area contributed by atoms with Crippen molar-refractivity contribution in [3.8, 4) is 0 Å². The van der Waals surface area contributed by atoms with E-state index < -0.39 is 0 Å². The summed E-state index contributed by atoms with van der Waals surface area (Å²) in [6.07, 6.45) is 2.89. The Hall–Kier alpha value is -0.500. The van der Waals surface area contributed by atoms with E-state index in [0.717, 1.165) is 12.1 Å². The summed E-state index contributed by atoms with van der Waals surface area (Å²) < 4.78 is 0. The highest BCUT2D eigenvalue weighted by Gasteiger charge is 2.54. The molecule has 3 N–H and O–H groups in total. The van der Waals surface area contributed by atoms with Crippen LogP contribution in [0.3, 0.4) is 0 Å². The monoisotopic (exact) mass is 167 g/mol. The van der Waals surface area contributed by atoms with Crippen LogP contribution >= 0.6 is 0 Å². The minimum atomic E-state index is -0.174. The van der Waals surface area contributed by atoms with Crippen molar-refractivity contribution in [2.75, 3.05) is 0 Å². The standard InChI is InChI=1S/C10H17NO/c1-5-9-7(6(2)12)3-4-8(11)10(5)9/h4-7,9-10,12H,3,11H2,1-2H3/t5?,6?,7-,9+,10-/m0/s1. The predicted octanol–water partition coefficient (Wildman–Crippen LogP) is 1.11. The van der Waals surface area contributed by atoms with Crippen molar-refractivity contribution < 1.29 is 5.11 Å². The number of fused-ring (bicyclic) bond motifs is 1. The lowest BCUT2D eigenvalue weighted by Crippen LogP contribution is -2.23. The van der Waals surface area contributed by atoms with Crippen molar-refractivity contribution in [3.63, 3.8) is 0 Å². The van der Waals surface area contributed by atoms with E-state index in [0.29, 0.717) is 23.7 Å². The zero-order chi connectivity index (χ0) is 8.88. The zero-order valence-corrected chi connectivity index (χ0v) is 7.70. The fourth-order valence-corrected chi connectivity index (χ4v) is 2.76. The molecule has 0 amide bonds. The molecule has 2 aliphatic carbocycles. The van der Waals surface area contributed by atoms with Gasteiger partial charge in [-0.05, 0) is 31.1 Å². The first-order valence-electron chi connectivity index (χ1n) is 4.76. The molecule has 0 aromatic heterocycles. The topological polar surface area (TPSA) is 46.2 Å². The van der Waals surface area contributed by atoms with Gasteiger partial charge in [0, 0.05) is 11.6 Å². The number of hydrogen-bond acceptors (Lipinski definition) is 2. The summed E-state index contributed by atoms with van der Waals surface area (Å²) in [6, 6.07) is 0. The van der Waals surface area contributed by atoms with Crippen molar-refractivity contribution in [3.05, 3.63) is 11.8 Å². The van der Waals surface area contributed by atoms with E-state index >= 15 is 0 Å². The molecule has 2 nitrogen and oxygen atoms in total. The fourth-order valence-electron chi connectivity index (χ4n) is 2.76. The molecule has 1 fully saturated rings. The van der Waals surface area contributed by atoms with E-state index in [4.69, 9.17) is 5.73 Å². The average Bonchev–Trinajstić information content (AvgIpc) is 2.64. The van der Waals surface area contributed by atoms with Gasteiger partial charge in [0.15, 0.2) is 0 Å². The first-order chi connectivity index (χ1) is 5.63. The van der Waals surface area contributed by atoms with Crippen molar-refractivity contribution in [1.82, 2.24) is 0 Å². The van der Waals surface area contributed by atoms with Crippen LogP contribution in [0.5, 0.6) is 0 Å². The van der Waals surface area contributed by atoms with Gasteiger partial charge in [-0.15, -0.1) is 0 Å². The molecular weight excluding hydrogens is 150 g/mol. The Morgan fingerprint density at radius 2 is 2.33 bits per heavy atom. The van der Waals surface area contributed by atoms with Crippen LogP contribution in [-0.2, 0) is 0 Å². The van der Waals surface area contributed by atoms with E-state index in [9.17, 15) is 5.11 Å². The highest BCUT2D eigenvalue weighted by Crippen LogP contribution is 2.57.